The van der Waals surface area contributed by atoms with E-state index in [4.69, 9.17) is 5.73 Å². The normalized spacial score (nSPS) is 10.2. The Morgan fingerprint density at radius 2 is 2.00 bits per heavy atom. The molecule has 0 saturated carbocycles. The van der Waals surface area contributed by atoms with Gasteiger partial charge < -0.3 is 10.5 Å². The van der Waals surface area contributed by atoms with Crippen LogP contribution in [0, 0.1) is 0 Å². The quantitative estimate of drug-likeness (QED) is 0.823. The molecule has 1 aromatic heterocycles. The number of Topliss-reactive ketones (excluding diaryl/α,β-unsaturated/α-hetero) is 1. The SMILES string of the molecule is CCc1cn(-c2ccc(C(=O)COC(N)=O)cc2)nn1. The van der Waals surface area contributed by atoms with Crippen LogP contribution in [0.2, 0.25) is 0 Å². The van der Waals surface area contributed by atoms with E-state index in [1.165, 1.54) is 0 Å². The van der Waals surface area contributed by atoms with Crippen LogP contribution in [0.3, 0.4) is 0 Å². The van der Waals surface area contributed by atoms with Crippen LogP contribution in [-0.4, -0.2) is 33.5 Å². The number of nitrogens with two attached hydrogens (primary N) is 1. The minimum absolute atomic E-state index is 0.316. The Balaban J connectivity index is 2.09. The maximum Gasteiger partial charge on any atom is 0.404 e. The maximum atomic E-state index is 11.7. The summed E-state index contributed by atoms with van der Waals surface area (Å²) < 4.78 is 6.08. The van der Waals surface area contributed by atoms with Gasteiger partial charge in [0.1, 0.15) is 0 Å². The van der Waals surface area contributed by atoms with Crippen molar-refractivity contribution in [1.82, 2.24) is 15.0 Å². The number of primary amides is 1. The fourth-order valence-corrected chi connectivity index (χ4v) is 1.61. The highest BCUT2D eigenvalue weighted by Gasteiger charge is 2.08. The molecule has 0 radical (unpaired) electrons. The molecule has 0 aliphatic heterocycles. The zero-order valence-electron chi connectivity index (χ0n) is 10.9. The van der Waals surface area contributed by atoms with E-state index in [9.17, 15) is 9.59 Å². The van der Waals surface area contributed by atoms with Crippen molar-refractivity contribution in [3.63, 3.8) is 0 Å². The molecule has 1 aromatic carbocycles. The van der Waals surface area contributed by atoms with Crippen LogP contribution in [0.25, 0.3) is 5.69 Å². The molecular weight excluding hydrogens is 260 g/mol. The lowest BCUT2D eigenvalue weighted by atomic mass is 10.1. The predicted octanol–water partition coefficient (Wildman–Crippen LogP) is 1.11. The van der Waals surface area contributed by atoms with Crippen molar-refractivity contribution in [2.75, 3.05) is 6.61 Å². The Morgan fingerprint density at radius 1 is 1.30 bits per heavy atom. The largest absolute Gasteiger partial charge is 0.441 e. The summed E-state index contributed by atoms with van der Waals surface area (Å²) in [6, 6.07) is 6.75. The molecule has 20 heavy (non-hydrogen) atoms. The number of aryl methyl sites for hydroxylation is 1. The van der Waals surface area contributed by atoms with E-state index in [0.29, 0.717) is 5.56 Å². The Labute approximate surface area is 115 Å². The molecule has 2 rings (SSSR count). The number of ketones is 1. The van der Waals surface area contributed by atoms with Crippen molar-refractivity contribution in [2.45, 2.75) is 13.3 Å². The molecule has 7 heteroatoms. The number of ether oxygens (including phenoxy) is 1. The third-order valence-corrected chi connectivity index (χ3v) is 2.70. The summed E-state index contributed by atoms with van der Waals surface area (Å²) in [5, 5.41) is 7.98. The fraction of sp³-hybridized carbons (Fsp3) is 0.231. The zero-order chi connectivity index (χ0) is 14.5. The number of hydrogen-bond acceptors (Lipinski definition) is 5. The van der Waals surface area contributed by atoms with Gasteiger partial charge in [-0.1, -0.05) is 12.1 Å². The maximum absolute atomic E-state index is 11.7. The van der Waals surface area contributed by atoms with Crippen molar-refractivity contribution < 1.29 is 14.3 Å². The Hall–Kier alpha value is -2.70. The number of benzene rings is 1. The second-order valence-electron chi connectivity index (χ2n) is 4.09. The van der Waals surface area contributed by atoms with Gasteiger partial charge in [-0.3, -0.25) is 4.79 Å². The lowest BCUT2D eigenvalue weighted by Crippen LogP contribution is -2.18. The monoisotopic (exact) mass is 274 g/mol. The second-order valence-corrected chi connectivity index (χ2v) is 4.09. The highest BCUT2D eigenvalue weighted by atomic mass is 16.5. The summed E-state index contributed by atoms with van der Waals surface area (Å²) in [7, 11) is 0. The lowest BCUT2D eigenvalue weighted by molar-refractivity contribution is 0.0857. The van der Waals surface area contributed by atoms with Gasteiger partial charge in [0.2, 0.25) is 0 Å². The van der Waals surface area contributed by atoms with Crippen LogP contribution in [0.1, 0.15) is 23.0 Å². The molecule has 0 bridgehead atoms. The van der Waals surface area contributed by atoms with E-state index < -0.39 is 6.09 Å². The molecule has 0 fully saturated rings. The van der Waals surface area contributed by atoms with Gasteiger partial charge in [-0.05, 0) is 30.7 Å². The molecule has 7 nitrogen and oxygen atoms in total. The van der Waals surface area contributed by atoms with Gasteiger partial charge in [0.15, 0.2) is 12.4 Å². The molecule has 0 saturated heterocycles. The summed E-state index contributed by atoms with van der Waals surface area (Å²) in [6.45, 7) is 1.63. The van der Waals surface area contributed by atoms with Crippen molar-refractivity contribution in [3.8, 4) is 5.69 Å². The minimum Gasteiger partial charge on any atom is -0.441 e. The molecular formula is C13H14N4O3. The molecule has 2 N–H and O–H groups in total. The molecule has 2 aromatic rings. The van der Waals surface area contributed by atoms with Gasteiger partial charge in [-0.2, -0.15) is 0 Å². The van der Waals surface area contributed by atoms with Crippen molar-refractivity contribution >= 4 is 11.9 Å². The van der Waals surface area contributed by atoms with Crippen LogP contribution >= 0.6 is 0 Å². The van der Waals surface area contributed by atoms with E-state index >= 15 is 0 Å². The Morgan fingerprint density at radius 3 is 2.55 bits per heavy atom. The first-order valence-corrected chi connectivity index (χ1v) is 6.07. The van der Waals surface area contributed by atoms with Crippen LogP contribution in [0.4, 0.5) is 4.79 Å². The van der Waals surface area contributed by atoms with Crippen LogP contribution in [-0.2, 0) is 11.2 Å². The third-order valence-electron chi connectivity index (χ3n) is 2.70. The van der Waals surface area contributed by atoms with Crippen molar-refractivity contribution in [3.05, 3.63) is 41.7 Å². The first-order chi connectivity index (χ1) is 9.60. The topological polar surface area (TPSA) is 100 Å². The van der Waals surface area contributed by atoms with Gasteiger partial charge in [0, 0.05) is 5.56 Å². The first-order valence-electron chi connectivity index (χ1n) is 6.07. The van der Waals surface area contributed by atoms with Gasteiger partial charge >= 0.3 is 6.09 Å². The molecule has 0 aliphatic carbocycles. The van der Waals surface area contributed by atoms with Crippen LogP contribution in [0.15, 0.2) is 30.5 Å². The van der Waals surface area contributed by atoms with E-state index in [1.54, 1.807) is 28.9 Å². The highest BCUT2D eigenvalue weighted by molar-refractivity contribution is 5.97. The summed E-state index contributed by atoms with van der Waals surface area (Å²) in [6.07, 6.45) is 1.67. The molecule has 1 heterocycles. The average molecular weight is 274 g/mol. The highest BCUT2D eigenvalue weighted by Crippen LogP contribution is 2.10. The Bertz CT molecular complexity index is 619. The smallest absolute Gasteiger partial charge is 0.404 e. The lowest BCUT2D eigenvalue weighted by Gasteiger charge is -2.03. The molecule has 0 atom stereocenters. The van der Waals surface area contributed by atoms with E-state index in [0.717, 1.165) is 17.8 Å². The summed E-state index contributed by atoms with van der Waals surface area (Å²) in [5.41, 5.74) is 6.92. The van der Waals surface area contributed by atoms with Crippen molar-refractivity contribution in [2.24, 2.45) is 5.73 Å². The molecule has 104 valence electrons. The predicted molar refractivity (Wildman–Crippen MR) is 70.6 cm³/mol. The fourth-order valence-electron chi connectivity index (χ4n) is 1.61. The summed E-state index contributed by atoms with van der Waals surface area (Å²) >= 11 is 0. The third kappa shape index (κ3) is 3.19. The zero-order valence-corrected chi connectivity index (χ0v) is 10.9. The van der Waals surface area contributed by atoms with E-state index in [1.807, 2.05) is 13.1 Å². The average Bonchev–Trinajstić information content (AvgIpc) is 2.94. The summed E-state index contributed by atoms with van der Waals surface area (Å²) in [5.74, 6) is -0.316. The number of nitrogens with zero attached hydrogens (tertiary/aromatic N) is 3. The van der Waals surface area contributed by atoms with Gasteiger partial charge in [-0.25, -0.2) is 9.48 Å². The van der Waals surface area contributed by atoms with E-state index in [-0.39, 0.29) is 12.4 Å². The number of aromatic nitrogens is 3. The summed E-state index contributed by atoms with van der Waals surface area (Å²) in [4.78, 5) is 22.1. The standard InChI is InChI=1S/C13H14N4O3/c1-2-10-7-17(16-15-10)11-5-3-9(4-6-11)12(18)8-20-13(14)19/h3-7H,2,8H2,1H3,(H2,14,19). The molecule has 0 spiro atoms. The first kappa shape index (κ1) is 13.7. The van der Waals surface area contributed by atoms with Crippen LogP contribution in [0.5, 0.6) is 0 Å². The minimum atomic E-state index is -0.968. The van der Waals surface area contributed by atoms with Crippen LogP contribution < -0.4 is 5.73 Å². The van der Waals surface area contributed by atoms with E-state index in [2.05, 4.69) is 15.0 Å². The van der Waals surface area contributed by atoms with Gasteiger partial charge in [-0.15, -0.1) is 5.10 Å². The Kier molecular flexibility index (Phi) is 4.09. The van der Waals surface area contributed by atoms with Crippen molar-refractivity contribution in [1.29, 1.82) is 0 Å². The van der Waals surface area contributed by atoms with Gasteiger partial charge in [0.05, 0.1) is 17.6 Å². The number of rotatable bonds is 5. The molecule has 0 aliphatic rings. The molecule has 0 unspecified atom stereocenters. The number of hydrogen-bond donors (Lipinski definition) is 1. The number of amides is 1. The molecule has 1 amide bonds. The second kappa shape index (κ2) is 5.96. The van der Waals surface area contributed by atoms with Gasteiger partial charge in [0.25, 0.3) is 0 Å². The number of carbonyl (C=O) groups excluding carboxylic acids is 2. The number of carbonyl (C=O) groups is 2.